The number of halogens is 1. The van der Waals surface area contributed by atoms with Gasteiger partial charge in [-0.05, 0) is 18.6 Å². The molecule has 0 amide bonds. The lowest BCUT2D eigenvalue weighted by Gasteiger charge is -2.01. The minimum Gasteiger partial charge on any atom is -0.375 e. The van der Waals surface area contributed by atoms with Gasteiger partial charge in [-0.3, -0.25) is 0 Å². The van der Waals surface area contributed by atoms with Crippen molar-refractivity contribution >= 4 is 38.8 Å². The topological polar surface area (TPSA) is 63.6 Å². The summed E-state index contributed by atoms with van der Waals surface area (Å²) in [7, 11) is 0. The number of benzene rings is 2. The minimum atomic E-state index is 0.462. The maximum absolute atomic E-state index is 6.17. The lowest BCUT2D eigenvalue weighted by atomic mass is 10.2. The molecule has 0 fully saturated rings. The highest BCUT2D eigenvalue weighted by molar-refractivity contribution is 7.19. The minimum absolute atomic E-state index is 0.462. The Balaban J connectivity index is 2.02. The van der Waals surface area contributed by atoms with Crippen molar-refractivity contribution in [1.29, 1.82) is 0 Å². The van der Waals surface area contributed by atoms with Gasteiger partial charge in [0.05, 0.1) is 5.02 Å². The van der Waals surface area contributed by atoms with E-state index in [0.29, 0.717) is 20.8 Å². The van der Waals surface area contributed by atoms with Crippen LogP contribution in [0.25, 0.3) is 11.3 Å². The number of rotatable bonds is 3. The standard InChI is InChI=1S/C16H13ClN4S/c1-10-6-5-9-12(17)13(10)20-21-15-14(19-16(18)22-15)11-7-3-2-4-8-11/h2-9H,1H3,(H2,18,19). The molecule has 0 saturated heterocycles. The highest BCUT2D eigenvalue weighted by Gasteiger charge is 2.11. The molecule has 0 saturated carbocycles. The first kappa shape index (κ1) is 14.7. The third-order valence-corrected chi connectivity index (χ3v) is 4.18. The van der Waals surface area contributed by atoms with Crippen molar-refractivity contribution in [2.45, 2.75) is 6.92 Å². The van der Waals surface area contributed by atoms with Gasteiger partial charge < -0.3 is 5.73 Å². The summed E-state index contributed by atoms with van der Waals surface area (Å²) in [6.07, 6.45) is 0. The summed E-state index contributed by atoms with van der Waals surface area (Å²) < 4.78 is 0. The second-order valence-electron chi connectivity index (χ2n) is 4.68. The quantitative estimate of drug-likeness (QED) is 0.620. The number of azo groups is 1. The van der Waals surface area contributed by atoms with Gasteiger partial charge in [0, 0.05) is 5.56 Å². The molecule has 0 atom stereocenters. The van der Waals surface area contributed by atoms with E-state index < -0.39 is 0 Å². The Kier molecular flexibility index (Phi) is 4.18. The largest absolute Gasteiger partial charge is 0.375 e. The highest BCUT2D eigenvalue weighted by atomic mass is 35.5. The molecule has 2 aromatic carbocycles. The number of nitrogens with zero attached hydrogens (tertiary/aromatic N) is 3. The molecule has 6 heteroatoms. The zero-order valence-corrected chi connectivity index (χ0v) is 13.4. The Morgan fingerprint density at radius 3 is 2.55 bits per heavy atom. The van der Waals surface area contributed by atoms with Crippen LogP contribution < -0.4 is 5.73 Å². The van der Waals surface area contributed by atoms with Gasteiger partial charge in [0.15, 0.2) is 10.1 Å². The number of aryl methyl sites for hydroxylation is 1. The number of aromatic nitrogens is 1. The van der Waals surface area contributed by atoms with Crippen molar-refractivity contribution in [2.75, 3.05) is 5.73 Å². The third kappa shape index (κ3) is 3.00. The van der Waals surface area contributed by atoms with Gasteiger partial charge in [0.2, 0.25) is 0 Å². The number of hydrogen-bond donors (Lipinski definition) is 1. The van der Waals surface area contributed by atoms with Crippen LogP contribution >= 0.6 is 22.9 Å². The predicted octanol–water partition coefficient (Wildman–Crippen LogP) is 5.77. The van der Waals surface area contributed by atoms with Gasteiger partial charge in [0.25, 0.3) is 0 Å². The SMILES string of the molecule is Cc1cccc(Cl)c1N=Nc1sc(N)nc1-c1ccccc1. The van der Waals surface area contributed by atoms with Crippen LogP contribution in [0.3, 0.4) is 0 Å². The third-order valence-electron chi connectivity index (χ3n) is 3.10. The van der Waals surface area contributed by atoms with E-state index in [9.17, 15) is 0 Å². The van der Waals surface area contributed by atoms with E-state index in [4.69, 9.17) is 17.3 Å². The maximum atomic E-state index is 6.17. The molecule has 0 aliphatic rings. The van der Waals surface area contributed by atoms with Gasteiger partial charge in [-0.15, -0.1) is 10.2 Å². The summed E-state index contributed by atoms with van der Waals surface area (Å²) in [4.78, 5) is 4.35. The van der Waals surface area contributed by atoms with Gasteiger partial charge in [0.1, 0.15) is 11.4 Å². The molecule has 3 rings (SSSR count). The summed E-state index contributed by atoms with van der Waals surface area (Å²) >= 11 is 7.47. The van der Waals surface area contributed by atoms with Crippen molar-refractivity contribution in [1.82, 2.24) is 4.98 Å². The normalized spacial score (nSPS) is 11.2. The van der Waals surface area contributed by atoms with Crippen LogP contribution in [0.5, 0.6) is 0 Å². The molecule has 0 unspecified atom stereocenters. The van der Waals surface area contributed by atoms with Crippen LogP contribution in [-0.4, -0.2) is 4.98 Å². The molecule has 3 aromatic rings. The molecule has 2 N–H and O–H groups in total. The summed E-state index contributed by atoms with van der Waals surface area (Å²) in [6.45, 7) is 1.94. The first-order chi connectivity index (χ1) is 10.6. The number of nitrogen functional groups attached to an aromatic ring is 1. The molecule has 0 aliphatic heterocycles. The molecule has 0 aliphatic carbocycles. The Labute approximate surface area is 137 Å². The number of anilines is 1. The first-order valence-corrected chi connectivity index (χ1v) is 7.83. The predicted molar refractivity (Wildman–Crippen MR) is 92.3 cm³/mol. The number of hydrogen-bond acceptors (Lipinski definition) is 5. The fourth-order valence-electron chi connectivity index (χ4n) is 2.03. The maximum Gasteiger partial charge on any atom is 0.182 e. The van der Waals surface area contributed by atoms with E-state index in [1.54, 1.807) is 6.07 Å². The van der Waals surface area contributed by atoms with Gasteiger partial charge in [-0.25, -0.2) is 4.98 Å². The molecule has 0 bridgehead atoms. The summed E-state index contributed by atoms with van der Waals surface area (Å²) in [5, 5.41) is 10.3. The van der Waals surface area contributed by atoms with Crippen LogP contribution in [0.15, 0.2) is 58.8 Å². The van der Waals surface area contributed by atoms with Crippen LogP contribution in [-0.2, 0) is 0 Å². The van der Waals surface area contributed by atoms with E-state index in [-0.39, 0.29) is 0 Å². The van der Waals surface area contributed by atoms with Crippen molar-refractivity contribution in [3.63, 3.8) is 0 Å². The smallest absolute Gasteiger partial charge is 0.182 e. The average molecular weight is 329 g/mol. The van der Waals surface area contributed by atoms with E-state index in [1.165, 1.54) is 11.3 Å². The molecule has 1 aromatic heterocycles. The van der Waals surface area contributed by atoms with Crippen LogP contribution in [0.4, 0.5) is 15.8 Å². The van der Waals surface area contributed by atoms with Crippen molar-refractivity contribution < 1.29 is 0 Å². The summed E-state index contributed by atoms with van der Waals surface area (Å²) in [5.41, 5.74) is 9.15. The number of thiazole rings is 1. The van der Waals surface area contributed by atoms with Crippen LogP contribution in [0, 0.1) is 6.92 Å². The molecule has 0 radical (unpaired) electrons. The zero-order valence-electron chi connectivity index (χ0n) is 11.8. The van der Waals surface area contributed by atoms with Crippen molar-refractivity contribution in [3.8, 4) is 11.3 Å². The van der Waals surface area contributed by atoms with Gasteiger partial charge in [-0.1, -0.05) is 65.4 Å². The second-order valence-corrected chi connectivity index (χ2v) is 6.09. The fourth-order valence-corrected chi connectivity index (χ4v) is 2.96. The van der Waals surface area contributed by atoms with E-state index >= 15 is 0 Å². The van der Waals surface area contributed by atoms with Crippen molar-refractivity contribution in [3.05, 3.63) is 59.1 Å². The molecule has 4 nitrogen and oxygen atoms in total. The molecule has 110 valence electrons. The van der Waals surface area contributed by atoms with Crippen LogP contribution in [0.2, 0.25) is 5.02 Å². The molecule has 1 heterocycles. The lowest BCUT2D eigenvalue weighted by Crippen LogP contribution is -1.82. The van der Waals surface area contributed by atoms with Gasteiger partial charge >= 0.3 is 0 Å². The molecular formula is C16H13ClN4S. The van der Waals surface area contributed by atoms with Crippen molar-refractivity contribution in [2.24, 2.45) is 10.2 Å². The number of nitrogens with two attached hydrogens (primary N) is 1. The Morgan fingerprint density at radius 2 is 1.82 bits per heavy atom. The van der Waals surface area contributed by atoms with Gasteiger partial charge in [-0.2, -0.15) is 0 Å². The van der Waals surface area contributed by atoms with E-state index in [2.05, 4.69) is 15.2 Å². The fraction of sp³-hybridized carbons (Fsp3) is 0.0625. The van der Waals surface area contributed by atoms with E-state index in [1.807, 2.05) is 49.4 Å². The molecule has 0 spiro atoms. The molecule has 22 heavy (non-hydrogen) atoms. The van der Waals surface area contributed by atoms with Crippen LogP contribution in [0.1, 0.15) is 5.56 Å². The summed E-state index contributed by atoms with van der Waals surface area (Å²) in [6, 6.07) is 15.4. The monoisotopic (exact) mass is 328 g/mol. The first-order valence-electron chi connectivity index (χ1n) is 6.64. The van der Waals surface area contributed by atoms with E-state index in [0.717, 1.165) is 16.8 Å². The average Bonchev–Trinajstić information content (AvgIpc) is 2.89. The summed E-state index contributed by atoms with van der Waals surface area (Å²) in [5.74, 6) is 0. The second kappa shape index (κ2) is 6.25. The molecular weight excluding hydrogens is 316 g/mol. The zero-order chi connectivity index (χ0) is 15.5. The lowest BCUT2D eigenvalue weighted by molar-refractivity contribution is 1.22. The Morgan fingerprint density at radius 1 is 1.05 bits per heavy atom. The Hall–Kier alpha value is -2.24. The highest BCUT2D eigenvalue weighted by Crippen LogP contribution is 2.38. The Bertz CT molecular complexity index is 807.